The lowest BCUT2D eigenvalue weighted by Gasteiger charge is -2.40. The lowest BCUT2D eigenvalue weighted by molar-refractivity contribution is -0.150. The SMILES string of the molecule is CC1(C)OC(=O)[C@H]2CCC[C@H](CO)N21. The molecule has 0 aromatic heterocycles. The molecule has 0 unspecified atom stereocenters. The van der Waals surface area contributed by atoms with Crippen molar-refractivity contribution in [3.63, 3.8) is 0 Å². The Morgan fingerprint density at radius 3 is 2.93 bits per heavy atom. The van der Waals surface area contributed by atoms with Crippen LogP contribution in [0, 0.1) is 0 Å². The summed E-state index contributed by atoms with van der Waals surface area (Å²) in [6.07, 6.45) is 2.81. The van der Waals surface area contributed by atoms with E-state index in [4.69, 9.17) is 4.74 Å². The second-order valence-electron chi connectivity index (χ2n) is 4.56. The van der Waals surface area contributed by atoms with Gasteiger partial charge >= 0.3 is 5.97 Å². The summed E-state index contributed by atoms with van der Waals surface area (Å²) in [6.45, 7) is 3.88. The van der Waals surface area contributed by atoms with Crippen molar-refractivity contribution in [3.05, 3.63) is 0 Å². The van der Waals surface area contributed by atoms with Gasteiger partial charge in [-0.1, -0.05) is 0 Å². The van der Waals surface area contributed by atoms with Gasteiger partial charge in [-0.15, -0.1) is 0 Å². The summed E-state index contributed by atoms with van der Waals surface area (Å²) in [6, 6.07) is -0.0499. The van der Waals surface area contributed by atoms with Crippen LogP contribution in [-0.2, 0) is 9.53 Å². The number of esters is 1. The number of nitrogens with zero attached hydrogens (tertiary/aromatic N) is 1. The molecule has 2 fully saturated rings. The van der Waals surface area contributed by atoms with E-state index < -0.39 is 5.72 Å². The number of hydrogen-bond acceptors (Lipinski definition) is 4. The summed E-state index contributed by atoms with van der Waals surface area (Å²) in [7, 11) is 0. The zero-order valence-corrected chi connectivity index (χ0v) is 8.69. The van der Waals surface area contributed by atoms with Crippen molar-refractivity contribution < 1.29 is 14.6 Å². The Morgan fingerprint density at radius 1 is 1.57 bits per heavy atom. The van der Waals surface area contributed by atoms with Crippen molar-refractivity contribution in [3.8, 4) is 0 Å². The topological polar surface area (TPSA) is 49.8 Å². The first-order valence-corrected chi connectivity index (χ1v) is 5.18. The van der Waals surface area contributed by atoms with Gasteiger partial charge in [0.05, 0.1) is 6.61 Å². The molecule has 0 aromatic rings. The number of aliphatic hydroxyl groups is 1. The summed E-state index contributed by atoms with van der Waals surface area (Å²) < 4.78 is 5.30. The molecule has 2 aliphatic heterocycles. The van der Waals surface area contributed by atoms with Crippen molar-refractivity contribution in [2.75, 3.05) is 6.61 Å². The molecule has 0 amide bonds. The van der Waals surface area contributed by atoms with Gasteiger partial charge in [-0.3, -0.25) is 4.79 Å². The molecule has 14 heavy (non-hydrogen) atoms. The highest BCUT2D eigenvalue weighted by Crippen LogP contribution is 2.37. The first kappa shape index (κ1) is 9.93. The number of rotatable bonds is 1. The molecular weight excluding hydrogens is 182 g/mol. The minimum absolute atomic E-state index is 0.0789. The van der Waals surface area contributed by atoms with Gasteiger partial charge in [0.25, 0.3) is 0 Å². The zero-order chi connectivity index (χ0) is 10.3. The highest BCUT2D eigenvalue weighted by atomic mass is 16.6. The van der Waals surface area contributed by atoms with Crippen LogP contribution < -0.4 is 0 Å². The second kappa shape index (κ2) is 3.21. The highest BCUT2D eigenvalue weighted by Gasteiger charge is 2.51. The summed E-state index contributed by atoms with van der Waals surface area (Å²) in [5.41, 5.74) is -0.546. The molecule has 2 heterocycles. The lowest BCUT2D eigenvalue weighted by Crippen LogP contribution is -2.54. The summed E-state index contributed by atoms with van der Waals surface area (Å²) >= 11 is 0. The van der Waals surface area contributed by atoms with E-state index in [0.29, 0.717) is 0 Å². The fourth-order valence-corrected chi connectivity index (χ4v) is 2.67. The Kier molecular flexibility index (Phi) is 2.27. The van der Waals surface area contributed by atoms with Gasteiger partial charge in [-0.2, -0.15) is 0 Å². The molecule has 2 aliphatic rings. The molecule has 1 N–H and O–H groups in total. The normalized spacial score (nSPS) is 36.6. The van der Waals surface area contributed by atoms with E-state index in [9.17, 15) is 9.90 Å². The monoisotopic (exact) mass is 199 g/mol. The van der Waals surface area contributed by atoms with Gasteiger partial charge in [0, 0.05) is 6.04 Å². The largest absolute Gasteiger partial charge is 0.443 e. The third-order valence-corrected chi connectivity index (χ3v) is 3.20. The fraction of sp³-hybridized carbons (Fsp3) is 0.900. The second-order valence-corrected chi connectivity index (χ2v) is 4.56. The molecule has 4 heteroatoms. The number of aliphatic hydroxyl groups excluding tert-OH is 1. The van der Waals surface area contributed by atoms with Crippen molar-refractivity contribution in [1.29, 1.82) is 0 Å². The summed E-state index contributed by atoms with van der Waals surface area (Å²) in [5.74, 6) is -0.131. The summed E-state index contributed by atoms with van der Waals surface area (Å²) in [4.78, 5) is 13.6. The number of hydrogen-bond donors (Lipinski definition) is 1. The Hall–Kier alpha value is -0.610. The van der Waals surface area contributed by atoms with Crippen LogP contribution in [0.25, 0.3) is 0 Å². The van der Waals surface area contributed by atoms with Crippen LogP contribution in [0.4, 0.5) is 0 Å². The quantitative estimate of drug-likeness (QED) is 0.625. The number of carbonyl (C=O) groups excluding carboxylic acids is 1. The number of ether oxygens (including phenoxy) is 1. The van der Waals surface area contributed by atoms with E-state index >= 15 is 0 Å². The van der Waals surface area contributed by atoms with Gasteiger partial charge in [0.1, 0.15) is 6.04 Å². The predicted octanol–water partition coefficient (Wildman–Crippen LogP) is 0.495. The molecule has 0 saturated carbocycles. The first-order chi connectivity index (χ1) is 6.56. The molecule has 2 rings (SSSR count). The van der Waals surface area contributed by atoms with Crippen LogP contribution in [0.15, 0.2) is 0 Å². The number of carbonyl (C=O) groups is 1. The van der Waals surface area contributed by atoms with Gasteiger partial charge in [0.2, 0.25) is 0 Å². The van der Waals surface area contributed by atoms with Crippen LogP contribution in [0.5, 0.6) is 0 Å². The van der Waals surface area contributed by atoms with E-state index in [1.54, 1.807) is 0 Å². The fourth-order valence-electron chi connectivity index (χ4n) is 2.67. The van der Waals surface area contributed by atoms with E-state index in [-0.39, 0.29) is 24.7 Å². The van der Waals surface area contributed by atoms with E-state index in [0.717, 1.165) is 19.3 Å². The van der Waals surface area contributed by atoms with Gasteiger partial charge in [0.15, 0.2) is 5.72 Å². The van der Waals surface area contributed by atoms with Crippen molar-refractivity contribution in [1.82, 2.24) is 4.90 Å². The van der Waals surface area contributed by atoms with Crippen LogP contribution in [0.2, 0.25) is 0 Å². The number of fused-ring (bicyclic) bond motifs is 1. The molecular formula is C10H17NO3. The van der Waals surface area contributed by atoms with Crippen LogP contribution in [0.1, 0.15) is 33.1 Å². The standard InChI is InChI=1S/C10H17NO3/c1-10(2)11-7(6-12)4-3-5-8(11)9(13)14-10/h7-8,12H,3-6H2,1-2H3/t7-,8-/m1/s1. The minimum atomic E-state index is -0.546. The molecule has 0 radical (unpaired) electrons. The molecule has 0 aliphatic carbocycles. The zero-order valence-electron chi connectivity index (χ0n) is 8.69. The van der Waals surface area contributed by atoms with Crippen LogP contribution in [-0.4, -0.2) is 40.4 Å². The molecule has 0 spiro atoms. The number of piperidine rings is 1. The summed E-state index contributed by atoms with van der Waals surface area (Å²) in [5, 5.41) is 9.25. The lowest BCUT2D eigenvalue weighted by atomic mass is 9.95. The van der Waals surface area contributed by atoms with E-state index in [1.807, 2.05) is 18.7 Å². The third-order valence-electron chi connectivity index (χ3n) is 3.20. The smallest absolute Gasteiger partial charge is 0.325 e. The van der Waals surface area contributed by atoms with E-state index in [2.05, 4.69) is 0 Å². The van der Waals surface area contributed by atoms with Crippen molar-refractivity contribution in [2.24, 2.45) is 0 Å². The van der Waals surface area contributed by atoms with Crippen molar-refractivity contribution in [2.45, 2.75) is 50.9 Å². The minimum Gasteiger partial charge on any atom is -0.443 e. The average Bonchev–Trinajstić information content (AvgIpc) is 2.38. The molecule has 4 nitrogen and oxygen atoms in total. The maximum Gasteiger partial charge on any atom is 0.325 e. The van der Waals surface area contributed by atoms with Crippen molar-refractivity contribution >= 4 is 5.97 Å². The van der Waals surface area contributed by atoms with Crippen LogP contribution >= 0.6 is 0 Å². The maximum atomic E-state index is 11.5. The maximum absolute atomic E-state index is 11.5. The Balaban J connectivity index is 2.26. The molecule has 80 valence electrons. The Labute approximate surface area is 83.8 Å². The Bertz CT molecular complexity index is 252. The molecule has 2 saturated heterocycles. The average molecular weight is 199 g/mol. The first-order valence-electron chi connectivity index (χ1n) is 5.18. The van der Waals surface area contributed by atoms with Crippen LogP contribution in [0.3, 0.4) is 0 Å². The Morgan fingerprint density at radius 2 is 2.29 bits per heavy atom. The third kappa shape index (κ3) is 1.33. The molecule has 2 atom stereocenters. The molecule has 0 bridgehead atoms. The number of cyclic esters (lactones) is 1. The predicted molar refractivity (Wildman–Crippen MR) is 50.5 cm³/mol. The molecule has 0 aromatic carbocycles. The van der Waals surface area contributed by atoms with Gasteiger partial charge in [-0.25, -0.2) is 4.90 Å². The van der Waals surface area contributed by atoms with E-state index in [1.165, 1.54) is 0 Å². The highest BCUT2D eigenvalue weighted by molar-refractivity contribution is 5.78. The van der Waals surface area contributed by atoms with Gasteiger partial charge in [-0.05, 0) is 33.1 Å². The van der Waals surface area contributed by atoms with Gasteiger partial charge < -0.3 is 9.84 Å².